The second-order valence-electron chi connectivity index (χ2n) is 2.78. The quantitative estimate of drug-likeness (QED) is 0.482. The van der Waals surface area contributed by atoms with Crippen LogP contribution in [0.5, 0.6) is 0 Å². The molecule has 0 aromatic carbocycles. The van der Waals surface area contributed by atoms with Crippen LogP contribution in [0.1, 0.15) is 26.7 Å². The number of allylic oxidation sites excluding steroid dienone is 1. The number of ether oxygens (including phenoxy) is 1. The molecule has 0 radical (unpaired) electrons. The van der Waals surface area contributed by atoms with E-state index in [0.29, 0.717) is 13.2 Å². The van der Waals surface area contributed by atoms with Crippen LogP contribution in [0.3, 0.4) is 0 Å². The van der Waals surface area contributed by atoms with Crippen LogP contribution in [0, 0.1) is 0 Å². The fraction of sp³-hybridized carbons (Fsp3) is 0.700. The maximum absolute atomic E-state index is 11.0. The molecule has 0 aromatic rings. The van der Waals surface area contributed by atoms with E-state index in [1.807, 2.05) is 19.1 Å². The van der Waals surface area contributed by atoms with E-state index in [2.05, 4.69) is 12.2 Å². The number of hydrogen-bond donors (Lipinski definition) is 1. The summed E-state index contributed by atoms with van der Waals surface area (Å²) in [5, 5.41) is 2.71. The van der Waals surface area contributed by atoms with E-state index in [1.165, 1.54) is 0 Å². The Morgan fingerprint density at radius 2 is 2.31 bits per heavy atom. The van der Waals surface area contributed by atoms with Gasteiger partial charge in [-0.05, 0) is 13.3 Å². The number of carbonyl (C=O) groups excluding carboxylic acids is 1. The second-order valence-corrected chi connectivity index (χ2v) is 2.78. The molecule has 0 fully saturated rings. The Morgan fingerprint density at radius 1 is 1.54 bits per heavy atom. The van der Waals surface area contributed by atoms with Crippen LogP contribution >= 0.6 is 0 Å². The zero-order valence-corrected chi connectivity index (χ0v) is 8.51. The van der Waals surface area contributed by atoms with Crippen molar-refractivity contribution in [3.8, 4) is 0 Å². The van der Waals surface area contributed by atoms with Gasteiger partial charge in [0.15, 0.2) is 0 Å². The van der Waals surface area contributed by atoms with Gasteiger partial charge in [0.2, 0.25) is 5.91 Å². The zero-order chi connectivity index (χ0) is 9.94. The molecular weight excluding hydrogens is 166 g/mol. The van der Waals surface area contributed by atoms with Gasteiger partial charge in [0.1, 0.15) is 6.61 Å². The molecule has 76 valence electrons. The van der Waals surface area contributed by atoms with Crippen LogP contribution in [0.4, 0.5) is 0 Å². The fourth-order valence-electron chi connectivity index (χ4n) is 0.753. The van der Waals surface area contributed by atoms with Crippen LogP contribution in [0.2, 0.25) is 0 Å². The monoisotopic (exact) mass is 185 g/mol. The van der Waals surface area contributed by atoms with Crippen LogP contribution in [0.25, 0.3) is 0 Å². The summed E-state index contributed by atoms with van der Waals surface area (Å²) in [6, 6.07) is 0. The molecule has 0 heterocycles. The summed E-state index contributed by atoms with van der Waals surface area (Å²) in [6.45, 7) is 5.46. The van der Waals surface area contributed by atoms with E-state index in [0.717, 1.165) is 12.8 Å². The lowest BCUT2D eigenvalue weighted by Gasteiger charge is -2.03. The van der Waals surface area contributed by atoms with Gasteiger partial charge in [-0.3, -0.25) is 4.79 Å². The number of hydrogen-bond acceptors (Lipinski definition) is 2. The predicted octanol–water partition coefficient (Wildman–Crippen LogP) is 1.50. The largest absolute Gasteiger partial charge is 0.372 e. The molecule has 1 amide bonds. The van der Waals surface area contributed by atoms with E-state index in [4.69, 9.17) is 4.74 Å². The Bertz CT molecular complexity index is 155. The van der Waals surface area contributed by atoms with Crippen molar-refractivity contribution in [2.75, 3.05) is 19.8 Å². The Morgan fingerprint density at radius 3 is 2.92 bits per heavy atom. The highest BCUT2D eigenvalue weighted by atomic mass is 16.5. The van der Waals surface area contributed by atoms with Crippen LogP contribution in [-0.4, -0.2) is 25.7 Å². The van der Waals surface area contributed by atoms with Crippen molar-refractivity contribution in [3.63, 3.8) is 0 Å². The lowest BCUT2D eigenvalue weighted by Crippen LogP contribution is -2.27. The highest BCUT2D eigenvalue weighted by molar-refractivity contribution is 5.77. The first-order valence-electron chi connectivity index (χ1n) is 4.76. The SMILES string of the molecule is C/C=C/CNC(=O)COCCCC. The van der Waals surface area contributed by atoms with Gasteiger partial charge in [-0.1, -0.05) is 25.5 Å². The molecule has 1 N–H and O–H groups in total. The topological polar surface area (TPSA) is 38.3 Å². The molecule has 13 heavy (non-hydrogen) atoms. The summed E-state index contributed by atoms with van der Waals surface area (Å²) < 4.78 is 5.13. The summed E-state index contributed by atoms with van der Waals surface area (Å²) >= 11 is 0. The van der Waals surface area contributed by atoms with Gasteiger partial charge in [-0.2, -0.15) is 0 Å². The van der Waals surface area contributed by atoms with Crippen molar-refractivity contribution < 1.29 is 9.53 Å². The van der Waals surface area contributed by atoms with E-state index in [9.17, 15) is 4.79 Å². The van der Waals surface area contributed by atoms with E-state index in [-0.39, 0.29) is 12.5 Å². The molecule has 3 heteroatoms. The molecule has 0 aliphatic rings. The van der Waals surface area contributed by atoms with Crippen LogP contribution in [0.15, 0.2) is 12.2 Å². The Labute approximate surface area is 80.2 Å². The van der Waals surface area contributed by atoms with E-state index < -0.39 is 0 Å². The molecule has 3 nitrogen and oxygen atoms in total. The van der Waals surface area contributed by atoms with E-state index in [1.54, 1.807) is 0 Å². The molecule has 0 unspecified atom stereocenters. The van der Waals surface area contributed by atoms with Gasteiger partial charge in [0.05, 0.1) is 0 Å². The Hall–Kier alpha value is -0.830. The molecule has 0 saturated heterocycles. The Balaban J connectivity index is 3.20. The highest BCUT2D eigenvalue weighted by Crippen LogP contribution is 1.86. The number of nitrogens with one attached hydrogen (secondary N) is 1. The number of amides is 1. The molecule has 0 spiro atoms. The molecule has 0 aliphatic carbocycles. The fourth-order valence-corrected chi connectivity index (χ4v) is 0.753. The first kappa shape index (κ1) is 12.2. The third-order valence-electron chi connectivity index (χ3n) is 1.53. The zero-order valence-electron chi connectivity index (χ0n) is 8.51. The third kappa shape index (κ3) is 9.08. The normalized spacial score (nSPS) is 10.6. The van der Waals surface area contributed by atoms with Crippen molar-refractivity contribution in [2.24, 2.45) is 0 Å². The van der Waals surface area contributed by atoms with Crippen molar-refractivity contribution >= 4 is 5.91 Å². The molecule has 0 saturated carbocycles. The molecule has 0 bridgehead atoms. The van der Waals surface area contributed by atoms with Crippen molar-refractivity contribution in [2.45, 2.75) is 26.7 Å². The van der Waals surface area contributed by atoms with Gasteiger partial charge in [0.25, 0.3) is 0 Å². The minimum Gasteiger partial charge on any atom is -0.372 e. The van der Waals surface area contributed by atoms with Gasteiger partial charge in [-0.25, -0.2) is 0 Å². The third-order valence-corrected chi connectivity index (χ3v) is 1.53. The molecule has 0 aliphatic heterocycles. The summed E-state index contributed by atoms with van der Waals surface area (Å²) in [5.74, 6) is -0.0470. The first-order chi connectivity index (χ1) is 6.31. The van der Waals surface area contributed by atoms with Gasteiger partial charge in [0, 0.05) is 13.2 Å². The first-order valence-corrected chi connectivity index (χ1v) is 4.76. The molecule has 0 rings (SSSR count). The summed E-state index contributed by atoms with van der Waals surface area (Å²) in [6.07, 6.45) is 5.91. The number of rotatable bonds is 7. The van der Waals surface area contributed by atoms with Crippen LogP contribution < -0.4 is 5.32 Å². The Kier molecular flexibility index (Phi) is 8.67. The highest BCUT2D eigenvalue weighted by Gasteiger charge is 1.97. The summed E-state index contributed by atoms with van der Waals surface area (Å²) in [4.78, 5) is 11.0. The second kappa shape index (κ2) is 9.26. The summed E-state index contributed by atoms with van der Waals surface area (Å²) in [5.41, 5.74) is 0. The maximum Gasteiger partial charge on any atom is 0.246 e. The van der Waals surface area contributed by atoms with Gasteiger partial charge < -0.3 is 10.1 Å². The minimum absolute atomic E-state index is 0.0470. The predicted molar refractivity (Wildman–Crippen MR) is 53.6 cm³/mol. The van der Waals surface area contributed by atoms with Crippen molar-refractivity contribution in [1.82, 2.24) is 5.32 Å². The van der Waals surface area contributed by atoms with Crippen molar-refractivity contribution in [3.05, 3.63) is 12.2 Å². The van der Waals surface area contributed by atoms with Crippen LogP contribution in [-0.2, 0) is 9.53 Å². The smallest absolute Gasteiger partial charge is 0.246 e. The van der Waals surface area contributed by atoms with Gasteiger partial charge >= 0.3 is 0 Å². The lowest BCUT2D eigenvalue weighted by molar-refractivity contribution is -0.125. The molecule has 0 aromatic heterocycles. The van der Waals surface area contributed by atoms with Gasteiger partial charge in [-0.15, -0.1) is 0 Å². The standard InChI is InChI=1S/C10H19NO2/c1-3-5-7-11-10(12)9-13-8-6-4-2/h3,5H,4,6-9H2,1-2H3,(H,11,12)/b5-3+. The van der Waals surface area contributed by atoms with E-state index >= 15 is 0 Å². The minimum atomic E-state index is -0.0470. The maximum atomic E-state index is 11.0. The average Bonchev–Trinajstić information content (AvgIpc) is 2.13. The molecular formula is C10H19NO2. The number of unbranched alkanes of at least 4 members (excludes halogenated alkanes) is 1. The summed E-state index contributed by atoms with van der Waals surface area (Å²) in [7, 11) is 0. The molecule has 0 atom stereocenters. The number of carbonyl (C=O) groups is 1. The lowest BCUT2D eigenvalue weighted by atomic mass is 10.4. The van der Waals surface area contributed by atoms with Crippen molar-refractivity contribution in [1.29, 1.82) is 0 Å². The average molecular weight is 185 g/mol.